The van der Waals surface area contributed by atoms with E-state index in [9.17, 15) is 31.5 Å². The Balaban J connectivity index is 0.000000164. The summed E-state index contributed by atoms with van der Waals surface area (Å²) in [6, 6.07) is 62.9. The predicted molar refractivity (Wildman–Crippen MR) is 267 cm³/mol. The number of halogens is 3. The van der Waals surface area contributed by atoms with E-state index in [2.05, 4.69) is 201 Å². The van der Waals surface area contributed by atoms with Gasteiger partial charge in [-0.15, -0.1) is 0 Å². The monoisotopic (exact) mass is 1010 g/mol. The zero-order valence-electron chi connectivity index (χ0n) is 38.9. The zero-order chi connectivity index (χ0) is 49.8. The summed E-state index contributed by atoms with van der Waals surface area (Å²) in [5.41, 5.74) is 0.514. The van der Waals surface area contributed by atoms with Crippen LogP contribution in [0.2, 0.25) is 0 Å². The number of carbonyl (C=O) groups excluding carboxylic acids is 2. The van der Waals surface area contributed by atoms with Gasteiger partial charge in [0.2, 0.25) is 6.10 Å². The first-order valence-electron chi connectivity index (χ1n) is 22.6. The molecule has 4 aliphatic carbocycles. The fourth-order valence-electron chi connectivity index (χ4n) is 9.26. The first-order valence-corrected chi connectivity index (χ1v) is 27.7. The molecule has 0 aromatic heterocycles. The lowest BCUT2D eigenvalue weighted by Gasteiger charge is -2.54. The first kappa shape index (κ1) is 53.5. The molecule has 5 atom stereocenters. The van der Waals surface area contributed by atoms with Crippen molar-refractivity contribution in [1.82, 2.24) is 0 Å². The molecule has 0 amide bonds. The zero-order valence-corrected chi connectivity index (χ0v) is 42.2. The molecule has 0 saturated heterocycles. The smallest absolute Gasteiger partial charge is 0.426 e. The van der Waals surface area contributed by atoms with Crippen molar-refractivity contribution in [3.05, 3.63) is 181 Å². The van der Waals surface area contributed by atoms with Crippen LogP contribution in [-0.2, 0) is 63.7 Å². The molecule has 0 aliphatic heterocycles. The first-order chi connectivity index (χ1) is 32.8. The molecule has 6 aromatic rings. The van der Waals surface area contributed by atoms with Gasteiger partial charge >= 0.3 is 12.1 Å². The highest BCUT2D eigenvalue weighted by atomic mass is 32.2. The molecule has 69 heavy (non-hydrogen) atoms. The molecule has 14 heteroatoms. The standard InChI is InChI=1S/C22H23S.C18H15S.C14H17F3O5S.CH4O2S/c1-22(2,3)18-14-16-21(17-15-18)23(19-10-6-4-7-11-19)20-12-8-5-9-13-20;1-4-10-16(11-5-1)19(17-12-6-2-7-13-17)18-14-8-3-9-15-18;15-14(16,17)10(6-23(20)21)22-12(19)13-3-7-1-8(4-13)11(18)9(2-7)5-13;1-4(2)3/h4-17H,1-3H3;1-15H;7-10H,1-6H2,(H,20,21);1H3,(H,2,3)/q2*+1;;/p-2. The van der Waals surface area contributed by atoms with E-state index in [4.69, 9.17) is 8.76 Å². The van der Waals surface area contributed by atoms with Crippen LogP contribution in [0.1, 0.15) is 58.4 Å². The van der Waals surface area contributed by atoms with Crippen LogP contribution in [0.15, 0.2) is 205 Å². The molecule has 0 N–H and O–H groups in total. The second-order valence-corrected chi connectivity index (χ2v) is 24.1. The van der Waals surface area contributed by atoms with Crippen molar-refractivity contribution < 1.29 is 45.0 Å². The number of carbonyl (C=O) groups is 2. The molecule has 0 radical (unpaired) electrons. The van der Waals surface area contributed by atoms with Gasteiger partial charge in [-0.2, -0.15) is 13.2 Å². The number of hydrogen-bond donors (Lipinski definition) is 0. The number of ether oxygens (including phenoxy) is 1. The van der Waals surface area contributed by atoms with Gasteiger partial charge < -0.3 is 13.8 Å². The molecule has 0 heterocycles. The van der Waals surface area contributed by atoms with Gasteiger partial charge in [-0.1, -0.05) is 146 Å². The Labute approximate surface area is 415 Å². The van der Waals surface area contributed by atoms with Gasteiger partial charge in [-0.25, -0.2) is 0 Å². The van der Waals surface area contributed by atoms with Gasteiger partial charge in [0.1, 0.15) is 5.78 Å². The maximum atomic E-state index is 12.9. The summed E-state index contributed by atoms with van der Waals surface area (Å²) in [7, 11) is -0.0643. The summed E-state index contributed by atoms with van der Waals surface area (Å²) in [6.07, 6.45) is -4.25. The number of ketones is 1. The molecular formula is C55H57F3O7S4. The average Bonchev–Trinajstić information content (AvgIpc) is 3.32. The Hall–Kier alpha value is -4.83. The van der Waals surface area contributed by atoms with E-state index < -0.39 is 51.6 Å². The highest BCUT2D eigenvalue weighted by Gasteiger charge is 2.60. The lowest BCUT2D eigenvalue weighted by molar-refractivity contribution is -0.226. The second-order valence-electron chi connectivity index (χ2n) is 18.3. The second kappa shape index (κ2) is 24.3. The Morgan fingerprint density at radius 1 is 0.609 bits per heavy atom. The van der Waals surface area contributed by atoms with Crippen LogP contribution in [0, 0.1) is 23.2 Å². The number of rotatable bonds is 10. The van der Waals surface area contributed by atoms with Crippen molar-refractivity contribution in [2.75, 3.05) is 12.0 Å². The number of hydrogen-bond acceptors (Lipinski definition) is 7. The molecular weight excluding hydrogens is 958 g/mol. The summed E-state index contributed by atoms with van der Waals surface area (Å²) in [4.78, 5) is 32.6. The third-order valence-corrected chi connectivity index (χ3v) is 17.2. The quantitative estimate of drug-likeness (QED) is 0.0760. The summed E-state index contributed by atoms with van der Waals surface area (Å²) in [5.74, 6) is -2.58. The van der Waals surface area contributed by atoms with Crippen molar-refractivity contribution in [2.45, 2.75) is 99.9 Å². The Bertz CT molecular complexity index is 2440. The van der Waals surface area contributed by atoms with E-state index in [-0.39, 0.29) is 63.6 Å². The minimum atomic E-state index is -4.94. The molecule has 10 rings (SSSR count). The number of Topliss-reactive ketones (excluding diaryl/α,β-unsaturated/α-hetero) is 1. The maximum Gasteiger partial charge on any atom is 0.426 e. The van der Waals surface area contributed by atoms with Gasteiger partial charge in [-0.3, -0.25) is 18.0 Å². The third kappa shape index (κ3) is 14.8. The van der Waals surface area contributed by atoms with Crippen LogP contribution in [0.4, 0.5) is 13.2 Å². The maximum absolute atomic E-state index is 12.9. The Morgan fingerprint density at radius 2 is 0.928 bits per heavy atom. The van der Waals surface area contributed by atoms with E-state index in [0.29, 0.717) is 19.3 Å². The minimum Gasteiger partial charge on any atom is -0.773 e. The number of alkyl halides is 3. The highest BCUT2D eigenvalue weighted by Crippen LogP contribution is 2.59. The van der Waals surface area contributed by atoms with Gasteiger partial charge in [-0.05, 0) is 128 Å². The molecule has 4 saturated carbocycles. The van der Waals surface area contributed by atoms with Gasteiger partial charge in [0.25, 0.3) is 0 Å². The molecule has 364 valence electrons. The molecule has 6 aromatic carbocycles. The van der Waals surface area contributed by atoms with Crippen LogP contribution in [0.25, 0.3) is 0 Å². The normalized spacial score (nSPS) is 20.5. The van der Waals surface area contributed by atoms with E-state index >= 15 is 0 Å². The SMILES string of the molecule is CC(C)(C)c1ccc([S+](c2ccccc2)c2ccccc2)cc1.CS(=O)[O-].O=C1C2CC3CC1CC(C(=O)OC(CS(=O)[O-])C(F)(F)F)(C3)C2.c1ccc([S+](c2ccccc2)c2ccccc2)cc1. The van der Waals surface area contributed by atoms with Crippen LogP contribution in [0.5, 0.6) is 0 Å². The predicted octanol–water partition coefficient (Wildman–Crippen LogP) is 12.1. The van der Waals surface area contributed by atoms with E-state index in [0.717, 1.165) is 6.26 Å². The topological polar surface area (TPSA) is 124 Å². The number of esters is 1. The summed E-state index contributed by atoms with van der Waals surface area (Å²) < 4.78 is 82.4. The third-order valence-electron chi connectivity index (χ3n) is 12.2. The van der Waals surface area contributed by atoms with Crippen molar-refractivity contribution in [2.24, 2.45) is 23.2 Å². The molecule has 5 unspecified atom stereocenters. The van der Waals surface area contributed by atoms with E-state index in [1.165, 1.54) is 34.9 Å². The van der Waals surface area contributed by atoms with E-state index in [1.54, 1.807) is 0 Å². The van der Waals surface area contributed by atoms with E-state index in [1.807, 2.05) is 0 Å². The molecule has 0 spiro atoms. The summed E-state index contributed by atoms with van der Waals surface area (Å²) in [6.45, 7) is 6.78. The fraction of sp³-hybridized carbons (Fsp3) is 0.309. The Morgan fingerprint density at radius 3 is 1.22 bits per heavy atom. The van der Waals surface area contributed by atoms with Crippen LogP contribution in [0.3, 0.4) is 0 Å². The Kier molecular flexibility index (Phi) is 18.9. The highest BCUT2D eigenvalue weighted by molar-refractivity contribution is 7.97. The molecule has 4 aliphatic rings. The lowest BCUT2D eigenvalue weighted by atomic mass is 9.49. The van der Waals surface area contributed by atoms with Crippen LogP contribution in [-0.4, -0.2) is 53.6 Å². The molecule has 7 nitrogen and oxygen atoms in total. The average molecular weight is 1020 g/mol. The summed E-state index contributed by atoms with van der Waals surface area (Å²) >= 11 is -4.84. The van der Waals surface area contributed by atoms with Crippen LogP contribution < -0.4 is 0 Å². The fourth-order valence-corrected chi connectivity index (χ4v) is 14.0. The molecule has 4 fully saturated rings. The van der Waals surface area contributed by atoms with Crippen molar-refractivity contribution in [1.29, 1.82) is 0 Å². The molecule has 4 bridgehead atoms. The summed E-state index contributed by atoms with van der Waals surface area (Å²) in [5, 5.41) is 0. The van der Waals surface area contributed by atoms with Crippen molar-refractivity contribution in [3.63, 3.8) is 0 Å². The minimum absolute atomic E-state index is 0.0146. The van der Waals surface area contributed by atoms with Gasteiger partial charge in [0.05, 0.1) is 33.0 Å². The van der Waals surface area contributed by atoms with Crippen molar-refractivity contribution >= 4 is 55.7 Å². The lowest BCUT2D eigenvalue weighted by Crippen LogP contribution is -2.56. The van der Waals surface area contributed by atoms with Gasteiger partial charge in [0, 0.05) is 11.8 Å². The van der Waals surface area contributed by atoms with Crippen molar-refractivity contribution in [3.8, 4) is 0 Å². The van der Waals surface area contributed by atoms with Gasteiger partial charge in [0.15, 0.2) is 29.4 Å². The largest absolute Gasteiger partial charge is 0.773 e. The van der Waals surface area contributed by atoms with Crippen LogP contribution >= 0.6 is 0 Å². The number of benzene rings is 6.